The van der Waals surface area contributed by atoms with Crippen LogP contribution in [0.15, 0.2) is 67.3 Å². The Balaban J connectivity index is 1.31. The number of rotatable bonds is 15. The van der Waals surface area contributed by atoms with Gasteiger partial charge in [-0.15, -0.1) is 6.58 Å². The summed E-state index contributed by atoms with van der Waals surface area (Å²) in [5.41, 5.74) is 4.31. The Bertz CT molecular complexity index is 785. The molecule has 2 unspecified atom stereocenters. The Kier molecular flexibility index (Phi) is 12.0. The average Bonchev–Trinajstić information content (AvgIpc) is 2.89. The minimum absolute atomic E-state index is 0.218. The second-order valence-corrected chi connectivity index (χ2v) is 10.8. The first-order chi connectivity index (χ1) is 16.7. The van der Waals surface area contributed by atoms with Crippen molar-refractivity contribution in [2.24, 2.45) is 17.8 Å². The highest BCUT2D eigenvalue weighted by molar-refractivity contribution is 5.23. The third kappa shape index (κ3) is 9.41. The number of aryl methyl sites for hydroxylation is 2. The van der Waals surface area contributed by atoms with Crippen molar-refractivity contribution in [3.63, 3.8) is 0 Å². The highest BCUT2D eigenvalue weighted by Gasteiger charge is 2.20. The standard InChI is InChI=1S/C33H48O/c1-4-5-7-10-28-16-18-30(19-17-28)24-25-31-22-20-29(21-23-31)15-13-27(2)14-26-33(34-3)32-11-8-6-9-12-32/h4,6,8-9,11-12,20-23,27-28,30,33H,1,5,7,10,13-19,24-26H2,2-3H3. The van der Waals surface area contributed by atoms with E-state index in [1.165, 1.54) is 93.7 Å². The monoisotopic (exact) mass is 460 g/mol. The number of benzene rings is 2. The first kappa shape index (κ1) is 26.7. The second kappa shape index (κ2) is 15.2. The Morgan fingerprint density at radius 2 is 1.44 bits per heavy atom. The van der Waals surface area contributed by atoms with Gasteiger partial charge < -0.3 is 4.74 Å². The van der Waals surface area contributed by atoms with Crippen molar-refractivity contribution < 1.29 is 4.74 Å². The number of ether oxygens (including phenoxy) is 1. The van der Waals surface area contributed by atoms with E-state index in [-0.39, 0.29) is 6.10 Å². The molecule has 0 N–H and O–H groups in total. The summed E-state index contributed by atoms with van der Waals surface area (Å²) in [7, 11) is 1.83. The lowest BCUT2D eigenvalue weighted by atomic mass is 9.78. The van der Waals surface area contributed by atoms with Gasteiger partial charge in [-0.25, -0.2) is 0 Å². The summed E-state index contributed by atoms with van der Waals surface area (Å²) in [6, 6.07) is 20.2. The molecule has 2 aromatic carbocycles. The largest absolute Gasteiger partial charge is 0.377 e. The molecular formula is C33H48O. The smallest absolute Gasteiger partial charge is 0.0821 e. The zero-order valence-corrected chi connectivity index (χ0v) is 21.9. The summed E-state index contributed by atoms with van der Waals surface area (Å²) in [6.45, 7) is 6.24. The molecule has 1 nitrogen and oxygen atoms in total. The fourth-order valence-corrected chi connectivity index (χ4v) is 5.68. The number of methoxy groups -OCH3 is 1. The van der Waals surface area contributed by atoms with Gasteiger partial charge in [0.1, 0.15) is 0 Å². The van der Waals surface area contributed by atoms with Gasteiger partial charge in [0.15, 0.2) is 0 Å². The molecule has 0 saturated heterocycles. The Morgan fingerprint density at radius 1 is 0.824 bits per heavy atom. The van der Waals surface area contributed by atoms with Gasteiger partial charge in [-0.1, -0.05) is 99.7 Å². The maximum atomic E-state index is 5.75. The van der Waals surface area contributed by atoms with Gasteiger partial charge in [-0.2, -0.15) is 0 Å². The number of allylic oxidation sites excluding steroid dienone is 1. The van der Waals surface area contributed by atoms with Gasteiger partial charge in [0.25, 0.3) is 0 Å². The van der Waals surface area contributed by atoms with Gasteiger partial charge in [0.05, 0.1) is 6.10 Å². The van der Waals surface area contributed by atoms with E-state index in [1.807, 2.05) is 7.11 Å². The third-order valence-electron chi connectivity index (χ3n) is 8.15. The summed E-state index contributed by atoms with van der Waals surface area (Å²) in [5.74, 6) is 2.65. The Hall–Kier alpha value is -1.86. The van der Waals surface area contributed by atoms with Crippen molar-refractivity contribution in [2.45, 2.75) is 96.5 Å². The molecule has 2 atom stereocenters. The molecule has 0 heterocycles. The van der Waals surface area contributed by atoms with Gasteiger partial charge >= 0.3 is 0 Å². The van der Waals surface area contributed by atoms with Crippen molar-refractivity contribution in [3.05, 3.63) is 83.9 Å². The predicted octanol–water partition coefficient (Wildman–Crippen LogP) is 9.52. The molecule has 1 aliphatic carbocycles. The van der Waals surface area contributed by atoms with E-state index in [1.54, 1.807) is 0 Å². The topological polar surface area (TPSA) is 9.23 Å². The van der Waals surface area contributed by atoms with Crippen LogP contribution < -0.4 is 0 Å². The molecule has 1 fully saturated rings. The highest BCUT2D eigenvalue weighted by atomic mass is 16.5. The minimum Gasteiger partial charge on any atom is -0.377 e. The Labute approximate surface area is 210 Å². The van der Waals surface area contributed by atoms with E-state index in [2.05, 4.69) is 74.2 Å². The normalized spacial score (nSPS) is 20.1. The molecule has 0 amide bonds. The second-order valence-electron chi connectivity index (χ2n) is 10.8. The molecule has 0 spiro atoms. The molecular weight excluding hydrogens is 412 g/mol. The van der Waals surface area contributed by atoms with Crippen LogP contribution in [0.1, 0.15) is 100 Å². The molecule has 0 bridgehead atoms. The SMILES string of the molecule is C=CCCCC1CCC(CCc2ccc(CCC(C)CCC(OC)c3ccccc3)cc2)CC1. The maximum absolute atomic E-state index is 5.75. The van der Waals surface area contributed by atoms with Crippen molar-refractivity contribution in [3.8, 4) is 0 Å². The van der Waals surface area contributed by atoms with Crippen LogP contribution in [-0.4, -0.2) is 7.11 Å². The van der Waals surface area contributed by atoms with Gasteiger partial charge in [0.2, 0.25) is 0 Å². The zero-order chi connectivity index (χ0) is 24.0. The lowest BCUT2D eigenvalue weighted by Crippen LogP contribution is -2.15. The Morgan fingerprint density at radius 3 is 2.06 bits per heavy atom. The molecule has 186 valence electrons. The lowest BCUT2D eigenvalue weighted by molar-refractivity contribution is 0.0895. The van der Waals surface area contributed by atoms with E-state index in [0.717, 1.165) is 18.3 Å². The van der Waals surface area contributed by atoms with Crippen LogP contribution in [0.5, 0.6) is 0 Å². The van der Waals surface area contributed by atoms with Crippen LogP contribution in [0, 0.1) is 17.8 Å². The number of hydrogen-bond donors (Lipinski definition) is 0. The molecule has 0 radical (unpaired) electrons. The number of unbranched alkanes of at least 4 members (excludes halogenated alkanes) is 1. The van der Waals surface area contributed by atoms with Crippen LogP contribution in [0.25, 0.3) is 0 Å². The zero-order valence-electron chi connectivity index (χ0n) is 21.9. The lowest BCUT2D eigenvalue weighted by Gasteiger charge is -2.28. The highest BCUT2D eigenvalue weighted by Crippen LogP contribution is 2.34. The van der Waals surface area contributed by atoms with E-state index >= 15 is 0 Å². The summed E-state index contributed by atoms with van der Waals surface area (Å²) >= 11 is 0. The molecule has 1 saturated carbocycles. The van der Waals surface area contributed by atoms with E-state index in [4.69, 9.17) is 4.74 Å². The predicted molar refractivity (Wildman–Crippen MR) is 147 cm³/mol. The van der Waals surface area contributed by atoms with Crippen molar-refractivity contribution >= 4 is 0 Å². The molecule has 2 aromatic rings. The van der Waals surface area contributed by atoms with Gasteiger partial charge in [-0.3, -0.25) is 0 Å². The quantitative estimate of drug-likeness (QED) is 0.190. The molecule has 34 heavy (non-hydrogen) atoms. The average molecular weight is 461 g/mol. The van der Waals surface area contributed by atoms with Crippen LogP contribution in [0.2, 0.25) is 0 Å². The first-order valence-corrected chi connectivity index (χ1v) is 13.9. The summed E-state index contributed by atoms with van der Waals surface area (Å²) in [5, 5.41) is 0. The van der Waals surface area contributed by atoms with E-state index < -0.39 is 0 Å². The van der Waals surface area contributed by atoms with Crippen LogP contribution >= 0.6 is 0 Å². The van der Waals surface area contributed by atoms with Crippen LogP contribution in [0.3, 0.4) is 0 Å². The fraction of sp³-hybridized carbons (Fsp3) is 0.576. The van der Waals surface area contributed by atoms with Crippen molar-refractivity contribution in [1.82, 2.24) is 0 Å². The summed E-state index contributed by atoms with van der Waals surface area (Å²) in [6.07, 6.45) is 19.4. The molecule has 1 aliphatic rings. The molecule has 3 rings (SSSR count). The molecule has 0 aliphatic heterocycles. The maximum Gasteiger partial charge on any atom is 0.0821 e. The summed E-state index contributed by atoms with van der Waals surface area (Å²) < 4.78 is 5.75. The summed E-state index contributed by atoms with van der Waals surface area (Å²) in [4.78, 5) is 0. The fourth-order valence-electron chi connectivity index (χ4n) is 5.68. The van der Waals surface area contributed by atoms with Gasteiger partial charge in [-0.05, 0) is 85.8 Å². The third-order valence-corrected chi connectivity index (χ3v) is 8.15. The van der Waals surface area contributed by atoms with Gasteiger partial charge in [0, 0.05) is 7.11 Å². The molecule has 0 aromatic heterocycles. The van der Waals surface area contributed by atoms with E-state index in [0.29, 0.717) is 5.92 Å². The molecule has 1 heteroatoms. The first-order valence-electron chi connectivity index (χ1n) is 13.9. The van der Waals surface area contributed by atoms with Crippen molar-refractivity contribution in [2.75, 3.05) is 7.11 Å². The van der Waals surface area contributed by atoms with Crippen LogP contribution in [0.4, 0.5) is 0 Å². The minimum atomic E-state index is 0.218. The number of hydrogen-bond acceptors (Lipinski definition) is 1. The van der Waals surface area contributed by atoms with Crippen LogP contribution in [-0.2, 0) is 17.6 Å². The van der Waals surface area contributed by atoms with Crippen molar-refractivity contribution in [1.29, 1.82) is 0 Å². The van der Waals surface area contributed by atoms with E-state index in [9.17, 15) is 0 Å².